The third kappa shape index (κ3) is 5.36. The minimum Gasteiger partial charge on any atom is -0.383 e. The summed E-state index contributed by atoms with van der Waals surface area (Å²) in [5.41, 5.74) is 0. The van der Waals surface area contributed by atoms with Crippen molar-refractivity contribution in [2.75, 3.05) is 33.4 Å². The first-order chi connectivity index (χ1) is 7.06. The Hall–Kier alpha value is 0.460. The van der Waals surface area contributed by atoms with E-state index in [-0.39, 0.29) is 0 Å². The first-order valence-corrected chi connectivity index (χ1v) is 6.12. The molecular formula is C10H20Cl2N2O. The molecule has 5 heteroatoms. The molecule has 2 N–H and O–H groups in total. The number of ether oxygens (including phenoxy) is 1. The lowest BCUT2D eigenvalue weighted by atomic mass is 10.3. The Bertz CT molecular complexity index is 190. The first kappa shape index (κ1) is 13.5. The molecule has 15 heavy (non-hydrogen) atoms. The number of halogens is 2. The largest absolute Gasteiger partial charge is 0.383 e. The fourth-order valence-electron chi connectivity index (χ4n) is 1.40. The molecule has 0 bridgehead atoms. The zero-order chi connectivity index (χ0) is 11.3. The van der Waals surface area contributed by atoms with Crippen molar-refractivity contribution < 1.29 is 4.74 Å². The summed E-state index contributed by atoms with van der Waals surface area (Å²) >= 11 is 11.9. The van der Waals surface area contributed by atoms with E-state index in [0.717, 1.165) is 32.7 Å². The maximum atomic E-state index is 5.93. The van der Waals surface area contributed by atoms with Crippen molar-refractivity contribution in [3.05, 3.63) is 0 Å². The lowest BCUT2D eigenvalue weighted by molar-refractivity contribution is 0.198. The highest BCUT2D eigenvalue weighted by Crippen LogP contribution is 2.52. The van der Waals surface area contributed by atoms with E-state index in [1.54, 1.807) is 7.11 Å². The Kier molecular flexibility index (Phi) is 5.64. The molecule has 3 nitrogen and oxygen atoms in total. The van der Waals surface area contributed by atoms with Gasteiger partial charge in [0.2, 0.25) is 0 Å². The van der Waals surface area contributed by atoms with E-state index in [4.69, 9.17) is 27.9 Å². The highest BCUT2D eigenvalue weighted by Gasteiger charge is 2.51. The third-order valence-electron chi connectivity index (χ3n) is 2.60. The summed E-state index contributed by atoms with van der Waals surface area (Å²) in [5, 5.41) is 6.70. The lowest BCUT2D eigenvalue weighted by Gasteiger charge is -2.14. The van der Waals surface area contributed by atoms with Crippen LogP contribution in [0.15, 0.2) is 0 Å². The molecule has 0 spiro atoms. The van der Waals surface area contributed by atoms with E-state index in [0.29, 0.717) is 12.0 Å². The minimum absolute atomic E-state index is 0.419. The van der Waals surface area contributed by atoms with Crippen molar-refractivity contribution in [1.82, 2.24) is 10.6 Å². The van der Waals surface area contributed by atoms with Crippen molar-refractivity contribution in [2.45, 2.75) is 23.7 Å². The number of rotatable bonds is 8. The van der Waals surface area contributed by atoms with Crippen LogP contribution in [0.4, 0.5) is 0 Å². The Morgan fingerprint density at radius 1 is 1.53 bits per heavy atom. The van der Waals surface area contributed by atoms with Crippen LogP contribution in [0.2, 0.25) is 0 Å². The molecule has 2 unspecified atom stereocenters. The Morgan fingerprint density at radius 3 is 2.73 bits per heavy atom. The predicted molar refractivity (Wildman–Crippen MR) is 64.8 cm³/mol. The zero-order valence-electron chi connectivity index (χ0n) is 9.35. The molecule has 0 aliphatic heterocycles. The van der Waals surface area contributed by atoms with Gasteiger partial charge in [0.05, 0.1) is 6.61 Å². The Balaban J connectivity index is 1.92. The second-order valence-electron chi connectivity index (χ2n) is 4.17. The molecule has 0 amide bonds. The van der Waals surface area contributed by atoms with Crippen LogP contribution in [0.1, 0.15) is 13.3 Å². The number of hydrogen-bond acceptors (Lipinski definition) is 3. The zero-order valence-corrected chi connectivity index (χ0v) is 10.9. The molecule has 1 rings (SSSR count). The van der Waals surface area contributed by atoms with Crippen molar-refractivity contribution in [3.8, 4) is 0 Å². The fraction of sp³-hybridized carbons (Fsp3) is 1.00. The average Bonchev–Trinajstić information content (AvgIpc) is 2.78. The van der Waals surface area contributed by atoms with E-state index in [2.05, 4.69) is 17.6 Å². The summed E-state index contributed by atoms with van der Waals surface area (Å²) in [6.45, 7) is 5.63. The fourth-order valence-corrected chi connectivity index (χ4v) is 1.93. The molecule has 0 radical (unpaired) electrons. The molecule has 90 valence electrons. The van der Waals surface area contributed by atoms with Crippen molar-refractivity contribution in [1.29, 1.82) is 0 Å². The Morgan fingerprint density at radius 2 is 2.20 bits per heavy atom. The molecule has 0 aromatic heterocycles. The third-order valence-corrected chi connectivity index (χ3v) is 3.53. The van der Waals surface area contributed by atoms with Gasteiger partial charge in [-0.05, 0) is 13.3 Å². The van der Waals surface area contributed by atoms with Crippen LogP contribution in [0.3, 0.4) is 0 Å². The second kappa shape index (κ2) is 6.26. The molecule has 0 aromatic rings. The van der Waals surface area contributed by atoms with E-state index >= 15 is 0 Å². The second-order valence-corrected chi connectivity index (χ2v) is 5.71. The summed E-state index contributed by atoms with van der Waals surface area (Å²) in [7, 11) is 1.71. The van der Waals surface area contributed by atoms with Gasteiger partial charge in [0.25, 0.3) is 0 Å². The van der Waals surface area contributed by atoms with E-state index < -0.39 is 4.33 Å². The normalized spacial score (nSPS) is 25.2. The average molecular weight is 255 g/mol. The quantitative estimate of drug-likeness (QED) is 0.508. The highest BCUT2D eigenvalue weighted by molar-refractivity contribution is 6.50. The first-order valence-electron chi connectivity index (χ1n) is 5.37. The van der Waals surface area contributed by atoms with Crippen LogP contribution in [0, 0.1) is 5.92 Å². The maximum absolute atomic E-state index is 5.93. The molecule has 1 aliphatic rings. The summed E-state index contributed by atoms with van der Waals surface area (Å²) in [6.07, 6.45) is 0.910. The maximum Gasteiger partial charge on any atom is 0.122 e. The molecule has 1 aliphatic carbocycles. The SMILES string of the molecule is COCCNCC(C)NCC1CC1(Cl)Cl. The number of nitrogens with one attached hydrogen (secondary N) is 2. The van der Waals surface area contributed by atoms with Gasteiger partial charge >= 0.3 is 0 Å². The van der Waals surface area contributed by atoms with E-state index in [1.807, 2.05) is 0 Å². The van der Waals surface area contributed by atoms with Gasteiger partial charge < -0.3 is 15.4 Å². The van der Waals surface area contributed by atoms with Gasteiger partial charge in [-0.2, -0.15) is 0 Å². The van der Waals surface area contributed by atoms with E-state index in [9.17, 15) is 0 Å². The van der Waals surface area contributed by atoms with Crippen LogP contribution >= 0.6 is 23.2 Å². The number of alkyl halides is 2. The summed E-state index contributed by atoms with van der Waals surface area (Å²) < 4.78 is 4.48. The number of hydrogen-bond donors (Lipinski definition) is 2. The van der Waals surface area contributed by atoms with Gasteiger partial charge in [-0.25, -0.2) is 0 Å². The van der Waals surface area contributed by atoms with Crippen LogP contribution in [0.5, 0.6) is 0 Å². The van der Waals surface area contributed by atoms with Gasteiger partial charge in [-0.1, -0.05) is 0 Å². The van der Waals surface area contributed by atoms with Gasteiger partial charge in [0, 0.05) is 38.7 Å². The van der Waals surface area contributed by atoms with Crippen LogP contribution in [-0.4, -0.2) is 43.7 Å². The molecule has 1 saturated carbocycles. The van der Waals surface area contributed by atoms with Gasteiger partial charge in [0.1, 0.15) is 4.33 Å². The summed E-state index contributed by atoms with van der Waals surface area (Å²) in [4.78, 5) is 0. The molecule has 1 fully saturated rings. The predicted octanol–water partition coefficient (Wildman–Crippen LogP) is 1.39. The van der Waals surface area contributed by atoms with Gasteiger partial charge in [0.15, 0.2) is 0 Å². The van der Waals surface area contributed by atoms with Gasteiger partial charge in [-0.15, -0.1) is 23.2 Å². The van der Waals surface area contributed by atoms with Gasteiger partial charge in [-0.3, -0.25) is 0 Å². The minimum atomic E-state index is -0.462. The lowest BCUT2D eigenvalue weighted by Crippen LogP contribution is -2.38. The van der Waals surface area contributed by atoms with E-state index in [1.165, 1.54) is 0 Å². The highest BCUT2D eigenvalue weighted by atomic mass is 35.5. The van der Waals surface area contributed by atoms with Crippen molar-refractivity contribution in [3.63, 3.8) is 0 Å². The Labute approximate surface area is 102 Å². The number of methoxy groups -OCH3 is 1. The smallest absolute Gasteiger partial charge is 0.122 e. The molecular weight excluding hydrogens is 235 g/mol. The summed E-state index contributed by atoms with van der Waals surface area (Å²) in [6, 6.07) is 0.437. The molecule has 0 aromatic carbocycles. The van der Waals surface area contributed by atoms with Crippen molar-refractivity contribution in [2.24, 2.45) is 5.92 Å². The monoisotopic (exact) mass is 254 g/mol. The van der Waals surface area contributed by atoms with Crippen molar-refractivity contribution >= 4 is 23.2 Å². The molecule has 2 atom stereocenters. The molecule has 0 heterocycles. The summed E-state index contributed by atoms with van der Waals surface area (Å²) in [5.74, 6) is 0.419. The molecule has 0 saturated heterocycles. The van der Waals surface area contributed by atoms with Crippen LogP contribution in [0.25, 0.3) is 0 Å². The van der Waals surface area contributed by atoms with Crippen LogP contribution < -0.4 is 10.6 Å². The van der Waals surface area contributed by atoms with Crippen LogP contribution in [-0.2, 0) is 4.74 Å². The topological polar surface area (TPSA) is 33.3 Å². The standard InChI is InChI=1S/C10H20Cl2N2O/c1-8(6-13-3-4-15-2)14-7-9-5-10(9,11)12/h8-9,13-14H,3-7H2,1-2H3.